The molecule has 0 atom stereocenters. The van der Waals surface area contributed by atoms with Crippen LogP contribution >= 0.6 is 0 Å². The molecule has 0 saturated carbocycles. The number of hydrogen-bond donors (Lipinski definition) is 5. The van der Waals surface area contributed by atoms with Gasteiger partial charge in [-0.3, -0.25) is 9.59 Å². The topological polar surface area (TPSA) is 156 Å². The summed E-state index contributed by atoms with van der Waals surface area (Å²) in [6.07, 6.45) is 0. The average molecular weight is 306 g/mol. The minimum Gasteiger partial charge on any atom is -0.504 e. The van der Waals surface area contributed by atoms with E-state index in [1.54, 1.807) is 18.2 Å². The van der Waals surface area contributed by atoms with E-state index in [-0.39, 0.29) is 22.8 Å². The molecule has 0 aromatic heterocycles. The fraction of sp³-hybridized carbons (Fsp3) is 0. The van der Waals surface area contributed by atoms with Gasteiger partial charge in [-0.25, -0.2) is 0 Å². The Labute approximate surface area is 125 Å². The Morgan fingerprint density at radius 3 is 2.00 bits per heavy atom. The zero-order valence-electron chi connectivity index (χ0n) is 11.3. The van der Waals surface area contributed by atoms with Crippen molar-refractivity contribution >= 4 is 11.7 Å². The highest BCUT2D eigenvalue weighted by atomic mass is 16.6. The van der Waals surface area contributed by atoms with Crippen molar-refractivity contribution < 1.29 is 29.7 Å². The van der Waals surface area contributed by atoms with E-state index in [0.29, 0.717) is 0 Å². The number of phenolic OH excluding ortho intramolecular Hbond substituents is 3. The van der Waals surface area contributed by atoms with E-state index in [1.165, 1.54) is 12.1 Å². The zero-order chi connectivity index (χ0) is 16.7. The third-order valence-electron chi connectivity index (χ3n) is 2.45. The van der Waals surface area contributed by atoms with Crippen molar-refractivity contribution in [3.8, 4) is 23.0 Å². The van der Waals surface area contributed by atoms with Crippen LogP contribution in [0.25, 0.3) is 0 Å². The fourth-order valence-corrected chi connectivity index (χ4v) is 1.36. The molecule has 0 radical (unpaired) electrons. The Balaban J connectivity index is 0.000000235. The smallest absolute Gasteiger partial charge is 0.289 e. The van der Waals surface area contributed by atoms with Crippen molar-refractivity contribution in [1.82, 2.24) is 0 Å². The van der Waals surface area contributed by atoms with Gasteiger partial charge in [-0.2, -0.15) is 5.90 Å². The van der Waals surface area contributed by atoms with Gasteiger partial charge in [0, 0.05) is 5.56 Å². The molecule has 0 unspecified atom stereocenters. The number of para-hydroxylation sites is 2. The monoisotopic (exact) mass is 306 g/mol. The van der Waals surface area contributed by atoms with E-state index in [4.69, 9.17) is 27.0 Å². The van der Waals surface area contributed by atoms with Crippen LogP contribution in [-0.4, -0.2) is 27.0 Å². The van der Waals surface area contributed by atoms with E-state index >= 15 is 0 Å². The average Bonchev–Trinajstić information content (AvgIpc) is 2.50. The maximum atomic E-state index is 10.9. The molecule has 0 saturated heterocycles. The second-order valence-electron chi connectivity index (χ2n) is 3.98. The summed E-state index contributed by atoms with van der Waals surface area (Å²) < 4.78 is 0. The van der Waals surface area contributed by atoms with Crippen LogP contribution in [0.5, 0.6) is 23.0 Å². The van der Waals surface area contributed by atoms with Gasteiger partial charge < -0.3 is 25.9 Å². The maximum Gasteiger partial charge on any atom is 0.289 e. The summed E-state index contributed by atoms with van der Waals surface area (Å²) >= 11 is 0. The summed E-state index contributed by atoms with van der Waals surface area (Å²) in [7, 11) is 0. The minimum absolute atomic E-state index is 0.0530. The molecule has 2 rings (SSSR count). The number of amides is 1. The van der Waals surface area contributed by atoms with Gasteiger partial charge in [-0.15, -0.1) is 0 Å². The quantitative estimate of drug-likeness (QED) is 0.238. The molecule has 1 amide bonds. The first kappa shape index (κ1) is 16.8. The van der Waals surface area contributed by atoms with Gasteiger partial charge in [-0.05, 0) is 30.3 Å². The number of carbonyl (C=O) groups excluding carboxylic acids is 2. The lowest BCUT2D eigenvalue weighted by Crippen LogP contribution is -2.22. The van der Waals surface area contributed by atoms with Crippen LogP contribution in [0, 0.1) is 0 Å². The Kier molecular flexibility index (Phi) is 5.73. The molecule has 0 bridgehead atoms. The maximum absolute atomic E-state index is 10.9. The highest BCUT2D eigenvalue weighted by Gasteiger charge is 2.13. The van der Waals surface area contributed by atoms with Gasteiger partial charge in [0.05, 0.1) is 0 Å². The molecule has 0 heterocycles. The Bertz CT molecular complexity index is 687. The number of Topliss-reactive ketones (excluding diaryl/α,β-unsaturated/α-hetero) is 1. The predicted octanol–water partition coefficient (Wildman–Crippen LogP) is 0.410. The SMILES string of the molecule is NC(=O)C(=O)c1ccc(O)c(O)c1.NOc1ccccc1O. The van der Waals surface area contributed by atoms with Gasteiger partial charge in [0.15, 0.2) is 23.0 Å². The second kappa shape index (κ2) is 7.50. The zero-order valence-corrected chi connectivity index (χ0v) is 11.3. The van der Waals surface area contributed by atoms with Crippen LogP contribution in [0.1, 0.15) is 10.4 Å². The molecule has 8 heteroatoms. The third kappa shape index (κ3) is 4.39. The van der Waals surface area contributed by atoms with Crippen molar-refractivity contribution in [3.63, 3.8) is 0 Å². The first-order chi connectivity index (χ1) is 10.4. The summed E-state index contributed by atoms with van der Waals surface area (Å²) in [5.74, 6) is 2.30. The summed E-state index contributed by atoms with van der Waals surface area (Å²) in [5.41, 5.74) is 4.67. The molecule has 0 aliphatic heterocycles. The lowest BCUT2D eigenvalue weighted by molar-refractivity contribution is -0.114. The van der Waals surface area contributed by atoms with E-state index in [2.05, 4.69) is 4.84 Å². The number of nitrogens with two attached hydrogens (primary N) is 2. The van der Waals surface area contributed by atoms with E-state index in [1.807, 2.05) is 0 Å². The van der Waals surface area contributed by atoms with Gasteiger partial charge in [0.2, 0.25) is 5.78 Å². The predicted molar refractivity (Wildman–Crippen MR) is 76.2 cm³/mol. The number of ketones is 1. The lowest BCUT2D eigenvalue weighted by Gasteiger charge is -1.99. The van der Waals surface area contributed by atoms with Crippen molar-refractivity contribution in [3.05, 3.63) is 48.0 Å². The van der Waals surface area contributed by atoms with Crippen molar-refractivity contribution in [1.29, 1.82) is 0 Å². The number of carbonyl (C=O) groups is 2. The number of primary amides is 1. The summed E-state index contributed by atoms with van der Waals surface area (Å²) in [5, 5.41) is 26.8. The summed E-state index contributed by atoms with van der Waals surface area (Å²) in [6.45, 7) is 0. The molecule has 22 heavy (non-hydrogen) atoms. The highest BCUT2D eigenvalue weighted by Crippen LogP contribution is 2.25. The normalized spacial score (nSPS) is 9.32. The van der Waals surface area contributed by atoms with Gasteiger partial charge in [0.1, 0.15) is 0 Å². The van der Waals surface area contributed by atoms with E-state index < -0.39 is 17.4 Å². The molecule has 116 valence electrons. The van der Waals surface area contributed by atoms with E-state index in [0.717, 1.165) is 12.1 Å². The molecule has 7 N–H and O–H groups in total. The third-order valence-corrected chi connectivity index (χ3v) is 2.45. The molecule has 8 nitrogen and oxygen atoms in total. The van der Waals surface area contributed by atoms with Crippen LogP contribution < -0.4 is 16.5 Å². The molecule has 0 spiro atoms. The Hall–Kier alpha value is -3.26. The van der Waals surface area contributed by atoms with Gasteiger partial charge >= 0.3 is 0 Å². The number of hydrogen-bond acceptors (Lipinski definition) is 7. The van der Waals surface area contributed by atoms with Crippen LogP contribution in [0.4, 0.5) is 0 Å². The number of aromatic hydroxyl groups is 3. The van der Waals surface area contributed by atoms with E-state index in [9.17, 15) is 9.59 Å². The number of benzene rings is 2. The van der Waals surface area contributed by atoms with Crippen LogP contribution in [-0.2, 0) is 4.79 Å². The Morgan fingerprint density at radius 2 is 1.55 bits per heavy atom. The second-order valence-corrected chi connectivity index (χ2v) is 3.98. The number of phenols is 3. The Morgan fingerprint density at radius 1 is 0.909 bits per heavy atom. The van der Waals surface area contributed by atoms with Crippen molar-refractivity contribution in [2.75, 3.05) is 0 Å². The van der Waals surface area contributed by atoms with Crippen LogP contribution in [0.3, 0.4) is 0 Å². The standard InChI is InChI=1S/C8H7NO4.C6H7NO2/c9-8(13)7(12)4-1-2-5(10)6(11)3-4;7-9-6-4-2-1-3-5(6)8/h1-3,10-11H,(H2,9,13);1-4,8H,7H2. The first-order valence-electron chi connectivity index (χ1n) is 5.87. The first-order valence-corrected chi connectivity index (χ1v) is 5.87. The molecule has 0 fully saturated rings. The lowest BCUT2D eigenvalue weighted by atomic mass is 10.1. The molecule has 2 aromatic carbocycles. The molecule has 0 aliphatic rings. The largest absolute Gasteiger partial charge is 0.504 e. The number of rotatable bonds is 3. The highest BCUT2D eigenvalue weighted by molar-refractivity contribution is 6.42. The molecule has 2 aromatic rings. The summed E-state index contributed by atoms with van der Waals surface area (Å²) in [6, 6.07) is 9.77. The minimum atomic E-state index is -1.11. The molecular formula is C14H14N2O6. The van der Waals surface area contributed by atoms with Gasteiger partial charge in [0.25, 0.3) is 5.91 Å². The van der Waals surface area contributed by atoms with Crippen LogP contribution in [0.15, 0.2) is 42.5 Å². The fourth-order valence-electron chi connectivity index (χ4n) is 1.36. The van der Waals surface area contributed by atoms with Crippen LogP contribution in [0.2, 0.25) is 0 Å². The molecule has 0 aliphatic carbocycles. The van der Waals surface area contributed by atoms with Crippen molar-refractivity contribution in [2.45, 2.75) is 0 Å². The summed E-state index contributed by atoms with van der Waals surface area (Å²) in [4.78, 5) is 25.7. The van der Waals surface area contributed by atoms with Gasteiger partial charge in [-0.1, -0.05) is 12.1 Å². The van der Waals surface area contributed by atoms with Crippen molar-refractivity contribution in [2.24, 2.45) is 11.6 Å². The molecular weight excluding hydrogens is 292 g/mol.